The summed E-state index contributed by atoms with van der Waals surface area (Å²) in [6.45, 7) is 3.03. The highest BCUT2D eigenvalue weighted by Gasteiger charge is 2.32. The highest BCUT2D eigenvalue weighted by molar-refractivity contribution is 7.71. The van der Waals surface area contributed by atoms with Crippen molar-refractivity contribution in [3.05, 3.63) is 10.6 Å². The summed E-state index contributed by atoms with van der Waals surface area (Å²) in [5.74, 6) is 1.41. The SMILES string of the molecule is CCCn1c(C2CC(O)C2)n[nH]c1=S. The fraction of sp³-hybridized carbons (Fsp3) is 0.778. The maximum Gasteiger partial charge on any atom is 0.195 e. The average molecular weight is 213 g/mol. The maximum absolute atomic E-state index is 9.23. The van der Waals surface area contributed by atoms with E-state index < -0.39 is 0 Å². The van der Waals surface area contributed by atoms with Gasteiger partial charge in [0.15, 0.2) is 4.77 Å². The molecule has 2 rings (SSSR count). The van der Waals surface area contributed by atoms with Crippen molar-refractivity contribution in [2.24, 2.45) is 0 Å². The third-order valence-corrected chi connectivity index (χ3v) is 3.03. The number of hydrogen-bond acceptors (Lipinski definition) is 3. The van der Waals surface area contributed by atoms with Gasteiger partial charge in [-0.1, -0.05) is 6.92 Å². The molecular formula is C9H15N3OS. The Bertz CT molecular complexity index is 364. The zero-order chi connectivity index (χ0) is 10.1. The molecule has 14 heavy (non-hydrogen) atoms. The van der Waals surface area contributed by atoms with E-state index in [0.717, 1.165) is 31.6 Å². The van der Waals surface area contributed by atoms with Crippen molar-refractivity contribution in [2.75, 3.05) is 0 Å². The summed E-state index contributed by atoms with van der Waals surface area (Å²) in [5.41, 5.74) is 0. The van der Waals surface area contributed by atoms with Crippen LogP contribution >= 0.6 is 12.2 Å². The van der Waals surface area contributed by atoms with Crippen molar-refractivity contribution in [3.8, 4) is 0 Å². The second-order valence-electron chi connectivity index (χ2n) is 3.86. The third-order valence-electron chi connectivity index (χ3n) is 2.71. The van der Waals surface area contributed by atoms with Crippen LogP contribution in [0.4, 0.5) is 0 Å². The molecule has 1 aliphatic rings. The fourth-order valence-electron chi connectivity index (χ4n) is 1.88. The Morgan fingerprint density at radius 2 is 2.36 bits per heavy atom. The number of aliphatic hydroxyl groups excluding tert-OH is 1. The lowest BCUT2D eigenvalue weighted by Crippen LogP contribution is -2.28. The van der Waals surface area contributed by atoms with Gasteiger partial charge in [-0.25, -0.2) is 0 Å². The van der Waals surface area contributed by atoms with Crippen LogP contribution in [-0.4, -0.2) is 26.0 Å². The summed E-state index contributed by atoms with van der Waals surface area (Å²) in [4.78, 5) is 0. The highest BCUT2D eigenvalue weighted by Crippen LogP contribution is 2.35. The van der Waals surface area contributed by atoms with Crippen LogP contribution in [0.5, 0.6) is 0 Å². The van der Waals surface area contributed by atoms with Gasteiger partial charge in [0.2, 0.25) is 0 Å². The molecule has 0 unspecified atom stereocenters. The first-order valence-electron chi connectivity index (χ1n) is 5.05. The number of nitrogens with zero attached hydrogens (tertiary/aromatic N) is 2. The van der Waals surface area contributed by atoms with E-state index in [1.165, 1.54) is 0 Å². The first-order valence-corrected chi connectivity index (χ1v) is 5.46. The minimum absolute atomic E-state index is 0.139. The molecule has 1 aliphatic carbocycles. The number of hydrogen-bond donors (Lipinski definition) is 2. The van der Waals surface area contributed by atoms with Crippen LogP contribution in [0.3, 0.4) is 0 Å². The summed E-state index contributed by atoms with van der Waals surface area (Å²) in [6.07, 6.45) is 2.56. The quantitative estimate of drug-likeness (QED) is 0.750. The van der Waals surface area contributed by atoms with E-state index >= 15 is 0 Å². The Labute approximate surface area is 88.0 Å². The van der Waals surface area contributed by atoms with Gasteiger partial charge in [0, 0.05) is 12.5 Å². The molecule has 4 nitrogen and oxygen atoms in total. The molecule has 1 aromatic rings. The molecule has 78 valence electrons. The number of nitrogens with one attached hydrogen (secondary N) is 1. The van der Waals surface area contributed by atoms with Crippen molar-refractivity contribution in [2.45, 2.75) is 44.8 Å². The van der Waals surface area contributed by atoms with Crippen molar-refractivity contribution in [1.29, 1.82) is 0 Å². The first-order chi connectivity index (χ1) is 6.72. The van der Waals surface area contributed by atoms with Gasteiger partial charge in [-0.15, -0.1) is 0 Å². The predicted octanol–water partition coefficient (Wildman–Crippen LogP) is 1.59. The molecule has 0 spiro atoms. The lowest BCUT2D eigenvalue weighted by atomic mass is 9.82. The van der Waals surface area contributed by atoms with Gasteiger partial charge in [0.1, 0.15) is 5.82 Å². The number of aromatic nitrogens is 3. The zero-order valence-electron chi connectivity index (χ0n) is 8.23. The van der Waals surface area contributed by atoms with Gasteiger partial charge in [0.25, 0.3) is 0 Å². The average Bonchev–Trinajstić information content (AvgIpc) is 2.44. The zero-order valence-corrected chi connectivity index (χ0v) is 9.05. The van der Waals surface area contributed by atoms with Gasteiger partial charge >= 0.3 is 0 Å². The Balaban J connectivity index is 2.20. The molecule has 1 aromatic heterocycles. The van der Waals surface area contributed by atoms with Crippen molar-refractivity contribution < 1.29 is 5.11 Å². The van der Waals surface area contributed by atoms with Crippen LogP contribution in [0.2, 0.25) is 0 Å². The van der Waals surface area contributed by atoms with E-state index in [9.17, 15) is 5.11 Å². The summed E-state index contributed by atoms with van der Waals surface area (Å²) in [7, 11) is 0. The van der Waals surface area contributed by atoms with E-state index in [2.05, 4.69) is 17.1 Å². The minimum atomic E-state index is -0.139. The third kappa shape index (κ3) is 1.62. The molecular weight excluding hydrogens is 198 g/mol. The summed E-state index contributed by atoms with van der Waals surface area (Å²) in [5, 5.41) is 16.3. The Morgan fingerprint density at radius 1 is 1.64 bits per heavy atom. The van der Waals surface area contributed by atoms with Crippen LogP contribution in [0.15, 0.2) is 0 Å². The molecule has 0 aliphatic heterocycles. The van der Waals surface area contributed by atoms with E-state index in [4.69, 9.17) is 12.2 Å². The molecule has 0 radical (unpaired) electrons. The number of H-pyrrole nitrogens is 1. The van der Waals surface area contributed by atoms with Crippen LogP contribution in [0.1, 0.15) is 37.9 Å². The normalized spacial score (nSPS) is 26.1. The van der Waals surface area contributed by atoms with Gasteiger partial charge in [-0.3, -0.25) is 5.10 Å². The molecule has 1 fully saturated rings. The van der Waals surface area contributed by atoms with Gasteiger partial charge < -0.3 is 9.67 Å². The summed E-state index contributed by atoms with van der Waals surface area (Å²) >= 11 is 5.14. The second-order valence-corrected chi connectivity index (χ2v) is 4.25. The molecule has 5 heteroatoms. The first kappa shape index (κ1) is 9.86. The van der Waals surface area contributed by atoms with Crippen LogP contribution < -0.4 is 0 Å². The standard InChI is InChI=1S/C9H15N3OS/c1-2-3-12-8(10-11-9(12)14)6-4-7(13)5-6/h6-7,13H,2-5H2,1H3,(H,11,14). The molecule has 0 saturated heterocycles. The second kappa shape index (κ2) is 3.82. The summed E-state index contributed by atoms with van der Waals surface area (Å²) < 4.78 is 2.74. The Morgan fingerprint density at radius 3 is 2.93 bits per heavy atom. The van der Waals surface area contributed by atoms with Gasteiger partial charge in [-0.2, -0.15) is 5.10 Å². The number of aromatic amines is 1. The molecule has 0 atom stereocenters. The molecule has 1 heterocycles. The monoisotopic (exact) mass is 213 g/mol. The van der Waals surface area contributed by atoms with Crippen molar-refractivity contribution >= 4 is 12.2 Å². The smallest absolute Gasteiger partial charge is 0.195 e. The Hall–Kier alpha value is -0.680. The van der Waals surface area contributed by atoms with E-state index in [-0.39, 0.29) is 6.10 Å². The molecule has 0 aromatic carbocycles. The van der Waals surface area contributed by atoms with Gasteiger partial charge in [0.05, 0.1) is 6.10 Å². The molecule has 1 saturated carbocycles. The van der Waals surface area contributed by atoms with Crippen LogP contribution in [-0.2, 0) is 6.54 Å². The van der Waals surface area contributed by atoms with Crippen molar-refractivity contribution in [1.82, 2.24) is 14.8 Å². The fourth-order valence-corrected chi connectivity index (χ4v) is 2.11. The lowest BCUT2D eigenvalue weighted by Gasteiger charge is -2.30. The largest absolute Gasteiger partial charge is 0.393 e. The van der Waals surface area contributed by atoms with E-state index in [1.807, 2.05) is 4.57 Å². The van der Waals surface area contributed by atoms with E-state index in [0.29, 0.717) is 10.7 Å². The Kier molecular flexibility index (Phi) is 2.69. The van der Waals surface area contributed by atoms with E-state index in [1.54, 1.807) is 0 Å². The number of rotatable bonds is 3. The maximum atomic E-state index is 9.23. The molecule has 0 bridgehead atoms. The topological polar surface area (TPSA) is 53.8 Å². The summed E-state index contributed by atoms with van der Waals surface area (Å²) in [6, 6.07) is 0. The lowest BCUT2D eigenvalue weighted by molar-refractivity contribution is 0.0702. The molecule has 0 amide bonds. The van der Waals surface area contributed by atoms with Crippen LogP contribution in [0, 0.1) is 4.77 Å². The highest BCUT2D eigenvalue weighted by atomic mass is 32.1. The van der Waals surface area contributed by atoms with Crippen molar-refractivity contribution in [3.63, 3.8) is 0 Å². The van der Waals surface area contributed by atoms with Gasteiger partial charge in [-0.05, 0) is 31.5 Å². The van der Waals surface area contributed by atoms with Crippen LogP contribution in [0.25, 0.3) is 0 Å². The predicted molar refractivity (Wildman–Crippen MR) is 55.7 cm³/mol. The number of aliphatic hydroxyl groups is 1. The minimum Gasteiger partial charge on any atom is -0.393 e. The molecule has 2 N–H and O–H groups in total.